The zero-order valence-corrected chi connectivity index (χ0v) is 14.2. The number of cyclic esters (lactones) is 1. The molecule has 1 aliphatic rings. The van der Waals surface area contributed by atoms with Gasteiger partial charge in [-0.15, -0.1) is 0 Å². The van der Waals surface area contributed by atoms with Crippen molar-refractivity contribution in [3.63, 3.8) is 0 Å². The number of alkyl halides is 1. The average Bonchev–Trinajstić information content (AvgIpc) is 2.56. The number of phenols is 2. The van der Waals surface area contributed by atoms with Crippen molar-refractivity contribution in [2.75, 3.05) is 0 Å². The Morgan fingerprint density at radius 3 is 2.46 bits per heavy atom. The lowest BCUT2D eigenvalue weighted by atomic mass is 9.96. The summed E-state index contributed by atoms with van der Waals surface area (Å²) in [7, 11) is 0. The van der Waals surface area contributed by atoms with E-state index in [2.05, 4.69) is 0 Å². The molecule has 26 heavy (non-hydrogen) atoms. The van der Waals surface area contributed by atoms with Crippen LogP contribution in [0.4, 0.5) is 4.39 Å². The predicted molar refractivity (Wildman–Crippen MR) is 86.7 cm³/mol. The lowest BCUT2D eigenvalue weighted by Gasteiger charge is -2.17. The van der Waals surface area contributed by atoms with Gasteiger partial charge in [-0.2, -0.15) is 0 Å². The highest BCUT2D eigenvalue weighted by atomic mass is 19.1. The molecule has 7 nitrogen and oxygen atoms in total. The minimum absolute atomic E-state index is 0.0473. The van der Waals surface area contributed by atoms with E-state index in [4.69, 9.17) is 4.74 Å². The lowest BCUT2D eigenvalue weighted by molar-refractivity contribution is -0.146. The number of esters is 1. The summed E-state index contributed by atoms with van der Waals surface area (Å²) in [5, 5.41) is 19.6. The molecule has 0 bridgehead atoms. The monoisotopic (exact) mass is 366 g/mol. The number of carbonyl (C=O) groups excluding carboxylic acids is 4. The van der Waals surface area contributed by atoms with E-state index in [-0.39, 0.29) is 49.0 Å². The number of fused-ring (bicyclic) bond motifs is 1. The zero-order chi connectivity index (χ0) is 19.4. The van der Waals surface area contributed by atoms with Gasteiger partial charge in [-0.1, -0.05) is 0 Å². The first kappa shape index (κ1) is 19.6. The number of rotatable bonds is 0. The molecule has 0 aliphatic carbocycles. The third-order valence-electron chi connectivity index (χ3n) is 4.13. The van der Waals surface area contributed by atoms with E-state index in [1.54, 1.807) is 0 Å². The van der Waals surface area contributed by atoms with Crippen molar-refractivity contribution < 1.29 is 38.5 Å². The van der Waals surface area contributed by atoms with Crippen LogP contribution in [0.15, 0.2) is 12.1 Å². The first-order chi connectivity index (χ1) is 12.2. The van der Waals surface area contributed by atoms with Gasteiger partial charge in [0.05, 0.1) is 6.10 Å². The summed E-state index contributed by atoms with van der Waals surface area (Å²) in [4.78, 5) is 47.5. The molecular formula is C18H19FO7. The van der Waals surface area contributed by atoms with Crippen LogP contribution in [0.3, 0.4) is 0 Å². The summed E-state index contributed by atoms with van der Waals surface area (Å²) in [6.45, 7) is 1.48. The fraction of sp³-hybridized carbons (Fsp3) is 0.444. The Morgan fingerprint density at radius 2 is 1.77 bits per heavy atom. The van der Waals surface area contributed by atoms with E-state index in [0.29, 0.717) is 0 Å². The Balaban J connectivity index is 2.35. The molecule has 2 rings (SSSR count). The van der Waals surface area contributed by atoms with Crippen molar-refractivity contribution in [1.82, 2.24) is 0 Å². The first-order valence-electron chi connectivity index (χ1n) is 8.22. The summed E-state index contributed by atoms with van der Waals surface area (Å²) in [5.74, 6) is -5.38. The maximum Gasteiger partial charge on any atom is 0.342 e. The second-order valence-corrected chi connectivity index (χ2v) is 6.23. The number of benzene rings is 1. The number of ether oxygens (including phenoxy) is 1. The highest BCUT2D eigenvalue weighted by Gasteiger charge is 2.31. The van der Waals surface area contributed by atoms with Crippen LogP contribution in [0, 0.1) is 0 Å². The topological polar surface area (TPSA) is 118 Å². The van der Waals surface area contributed by atoms with Gasteiger partial charge in [-0.3, -0.25) is 14.4 Å². The number of hydrogen-bond acceptors (Lipinski definition) is 7. The number of aryl methyl sites for hydroxylation is 1. The molecule has 0 aromatic heterocycles. The van der Waals surface area contributed by atoms with Gasteiger partial charge in [-0.05, 0) is 44.2 Å². The third-order valence-corrected chi connectivity index (χ3v) is 4.13. The van der Waals surface area contributed by atoms with Crippen molar-refractivity contribution in [2.45, 2.75) is 51.3 Å². The first-order valence-corrected chi connectivity index (χ1v) is 8.22. The van der Waals surface area contributed by atoms with Crippen molar-refractivity contribution in [3.8, 4) is 11.5 Å². The standard InChI is InChI=1S/C18H19FO7/c1-9-5-6-12(19)16(23)17(24)13(21)4-2-3-10-7-11(20)8-14(22)15(10)18(25)26-9/h7-9,12,20,22H,2-6H2,1H3. The summed E-state index contributed by atoms with van der Waals surface area (Å²) in [5.41, 5.74) is 0.0880. The van der Waals surface area contributed by atoms with Crippen molar-refractivity contribution in [2.24, 2.45) is 0 Å². The molecule has 0 fully saturated rings. The van der Waals surface area contributed by atoms with Crippen LogP contribution in [-0.2, 0) is 25.5 Å². The maximum atomic E-state index is 13.9. The number of halogens is 1. The van der Waals surface area contributed by atoms with Crippen LogP contribution in [0.5, 0.6) is 11.5 Å². The van der Waals surface area contributed by atoms with Crippen LogP contribution < -0.4 is 0 Å². The summed E-state index contributed by atoms with van der Waals surface area (Å²) < 4.78 is 19.0. The molecule has 0 saturated carbocycles. The number of ketones is 3. The number of aromatic hydroxyl groups is 2. The number of phenolic OH excluding ortho intramolecular Hbond substituents is 2. The van der Waals surface area contributed by atoms with Crippen molar-refractivity contribution >= 4 is 23.3 Å². The molecule has 0 amide bonds. The fourth-order valence-electron chi connectivity index (χ4n) is 2.75. The van der Waals surface area contributed by atoms with Crippen LogP contribution in [0.2, 0.25) is 0 Å². The van der Waals surface area contributed by atoms with E-state index in [9.17, 15) is 33.8 Å². The molecule has 0 saturated heterocycles. The highest BCUT2D eigenvalue weighted by molar-refractivity contribution is 6.64. The van der Waals surface area contributed by atoms with E-state index in [0.717, 1.165) is 6.07 Å². The Kier molecular flexibility index (Phi) is 6.07. The van der Waals surface area contributed by atoms with Crippen LogP contribution >= 0.6 is 0 Å². The summed E-state index contributed by atoms with van der Waals surface area (Å²) in [6.07, 6.45) is -3.54. The summed E-state index contributed by atoms with van der Waals surface area (Å²) >= 11 is 0. The molecule has 1 aromatic rings. The quantitative estimate of drug-likeness (QED) is 0.531. The van der Waals surface area contributed by atoms with Gasteiger partial charge >= 0.3 is 5.97 Å². The van der Waals surface area contributed by atoms with Crippen LogP contribution in [0.25, 0.3) is 0 Å². The summed E-state index contributed by atoms with van der Waals surface area (Å²) in [6, 6.07) is 2.24. The zero-order valence-electron chi connectivity index (χ0n) is 14.2. The van der Waals surface area contributed by atoms with Crippen molar-refractivity contribution in [3.05, 3.63) is 23.3 Å². The Morgan fingerprint density at radius 1 is 1.08 bits per heavy atom. The van der Waals surface area contributed by atoms with Gasteiger partial charge in [0.2, 0.25) is 11.6 Å². The number of hydrogen-bond donors (Lipinski definition) is 2. The smallest absolute Gasteiger partial charge is 0.342 e. The van der Waals surface area contributed by atoms with Gasteiger partial charge in [0, 0.05) is 12.5 Å². The van der Waals surface area contributed by atoms with Gasteiger partial charge in [0.1, 0.15) is 17.1 Å². The normalized spacial score (nSPS) is 23.2. The van der Waals surface area contributed by atoms with Crippen molar-refractivity contribution in [1.29, 1.82) is 0 Å². The molecule has 1 aromatic carbocycles. The van der Waals surface area contributed by atoms with E-state index in [1.165, 1.54) is 13.0 Å². The maximum absolute atomic E-state index is 13.9. The SMILES string of the molecule is CC1CCC(F)C(=O)C(=O)C(=O)CCCc2cc(O)cc(O)c2C(=O)O1. The van der Waals surface area contributed by atoms with E-state index in [1.807, 2.05) is 0 Å². The Hall–Kier alpha value is -2.77. The van der Waals surface area contributed by atoms with E-state index >= 15 is 0 Å². The molecule has 0 spiro atoms. The minimum Gasteiger partial charge on any atom is -0.508 e. The Bertz CT molecular complexity index is 756. The molecule has 1 aliphatic heterocycles. The lowest BCUT2D eigenvalue weighted by Crippen LogP contribution is -2.32. The average molecular weight is 366 g/mol. The molecular weight excluding hydrogens is 347 g/mol. The Labute approximate surface area is 148 Å². The second-order valence-electron chi connectivity index (χ2n) is 6.23. The molecule has 2 unspecified atom stereocenters. The minimum atomic E-state index is -2.13. The van der Waals surface area contributed by atoms with Gasteiger partial charge in [-0.25, -0.2) is 9.18 Å². The van der Waals surface area contributed by atoms with Crippen LogP contribution in [-0.4, -0.2) is 45.8 Å². The number of Topliss-reactive ketones (excluding diaryl/α,β-unsaturated/α-hetero) is 3. The molecule has 1 heterocycles. The predicted octanol–water partition coefficient (Wildman–Crippen LogP) is 1.80. The molecule has 0 radical (unpaired) electrons. The number of carbonyl (C=O) groups is 4. The second kappa shape index (κ2) is 8.07. The molecule has 8 heteroatoms. The largest absolute Gasteiger partial charge is 0.508 e. The fourth-order valence-corrected chi connectivity index (χ4v) is 2.75. The van der Waals surface area contributed by atoms with Gasteiger partial charge < -0.3 is 14.9 Å². The molecule has 2 atom stereocenters. The highest BCUT2D eigenvalue weighted by Crippen LogP contribution is 2.30. The third kappa shape index (κ3) is 4.44. The molecule has 2 N–H and O–H groups in total. The molecule has 140 valence electrons. The van der Waals surface area contributed by atoms with Crippen LogP contribution in [0.1, 0.15) is 48.5 Å². The van der Waals surface area contributed by atoms with Gasteiger partial charge in [0.15, 0.2) is 6.17 Å². The van der Waals surface area contributed by atoms with E-state index < -0.39 is 41.3 Å². The van der Waals surface area contributed by atoms with Gasteiger partial charge in [0.25, 0.3) is 5.78 Å².